The maximum absolute atomic E-state index is 4.00. The van der Waals surface area contributed by atoms with E-state index in [-0.39, 0.29) is 5.92 Å². The molecule has 2 aliphatic rings. The smallest absolute Gasteiger partial charge is 0.0422 e. The van der Waals surface area contributed by atoms with E-state index in [1.54, 1.807) is 0 Å². The Morgan fingerprint density at radius 1 is 0.633 bits per heavy atom. The lowest BCUT2D eigenvalue weighted by atomic mass is 9.82. The Balaban J connectivity index is 1.30. The Kier molecular flexibility index (Phi) is 10.2. The van der Waals surface area contributed by atoms with E-state index in [1.807, 2.05) is 0 Å². The fourth-order valence-corrected chi connectivity index (χ4v) is 8.11. The fraction of sp³-hybridized carbons (Fsp3) is 0.304. The molecule has 3 heteroatoms. The van der Waals surface area contributed by atoms with Crippen LogP contribution in [0.25, 0.3) is 10.8 Å². The minimum atomic E-state index is 0.0892. The van der Waals surface area contributed by atoms with Crippen molar-refractivity contribution in [2.75, 3.05) is 28.2 Å². The number of likely N-dealkylation sites (N-methyl/N-ethyl adjacent to an activating group) is 1. The van der Waals surface area contributed by atoms with E-state index in [0.717, 1.165) is 25.9 Å². The molecule has 0 heterocycles. The van der Waals surface area contributed by atoms with E-state index in [1.165, 1.54) is 81.6 Å². The van der Waals surface area contributed by atoms with Crippen molar-refractivity contribution >= 4 is 33.5 Å². The summed E-state index contributed by atoms with van der Waals surface area (Å²) in [6.45, 7) is 8.72. The molecular formula is C46H51N3. The van der Waals surface area contributed by atoms with Gasteiger partial charge in [0.2, 0.25) is 0 Å². The number of hydrogen-bond acceptors (Lipinski definition) is 3. The molecule has 0 aromatic heterocycles. The minimum Gasteiger partial charge on any atom is -0.382 e. The van der Waals surface area contributed by atoms with Crippen molar-refractivity contribution in [2.45, 2.75) is 71.3 Å². The van der Waals surface area contributed by atoms with Crippen molar-refractivity contribution in [3.63, 3.8) is 0 Å². The summed E-state index contributed by atoms with van der Waals surface area (Å²) in [4.78, 5) is 4.80. The van der Waals surface area contributed by atoms with Crippen LogP contribution in [0, 0.1) is 5.92 Å². The summed E-state index contributed by atoms with van der Waals surface area (Å²) in [5.74, 6) is 0.782. The number of rotatable bonds is 11. The molecular weight excluding hydrogens is 595 g/mol. The zero-order valence-electron chi connectivity index (χ0n) is 29.5. The lowest BCUT2D eigenvalue weighted by molar-refractivity contribution is 0.350. The lowest BCUT2D eigenvalue weighted by Crippen LogP contribution is -2.30. The molecule has 49 heavy (non-hydrogen) atoms. The van der Waals surface area contributed by atoms with Crippen LogP contribution in [0.3, 0.4) is 0 Å². The molecule has 1 saturated carbocycles. The van der Waals surface area contributed by atoms with E-state index in [4.69, 9.17) is 0 Å². The number of para-hydroxylation sites is 1. The van der Waals surface area contributed by atoms with Crippen LogP contribution < -0.4 is 15.1 Å². The molecule has 5 aromatic carbocycles. The highest BCUT2D eigenvalue weighted by atomic mass is 15.1. The molecule has 0 saturated heterocycles. The first-order chi connectivity index (χ1) is 24.1. The first kappa shape index (κ1) is 32.8. The van der Waals surface area contributed by atoms with Gasteiger partial charge in [0.15, 0.2) is 0 Å². The number of anilines is 4. The van der Waals surface area contributed by atoms with Crippen molar-refractivity contribution in [3.8, 4) is 0 Å². The van der Waals surface area contributed by atoms with Crippen molar-refractivity contribution < 1.29 is 0 Å². The summed E-state index contributed by atoms with van der Waals surface area (Å²) in [6.07, 6.45) is 14.4. The second kappa shape index (κ2) is 15.2. The molecule has 3 atom stereocenters. The van der Waals surface area contributed by atoms with Gasteiger partial charge in [-0.05, 0) is 116 Å². The molecule has 0 radical (unpaired) electrons. The van der Waals surface area contributed by atoms with E-state index in [2.05, 4.69) is 169 Å². The minimum absolute atomic E-state index is 0.0892. The first-order valence-electron chi connectivity index (χ1n) is 18.6. The number of allylic oxidation sites excluding steroid dienone is 3. The van der Waals surface area contributed by atoms with E-state index in [9.17, 15) is 0 Å². The highest BCUT2D eigenvalue weighted by molar-refractivity contribution is 5.97. The third-order valence-corrected chi connectivity index (χ3v) is 10.8. The molecule has 0 aliphatic heterocycles. The van der Waals surface area contributed by atoms with Gasteiger partial charge in [-0.1, -0.05) is 105 Å². The third kappa shape index (κ3) is 7.04. The largest absolute Gasteiger partial charge is 0.382 e. The third-order valence-electron chi connectivity index (χ3n) is 10.8. The predicted molar refractivity (Wildman–Crippen MR) is 211 cm³/mol. The molecule has 0 spiro atoms. The Morgan fingerprint density at radius 2 is 1.24 bits per heavy atom. The Bertz CT molecular complexity index is 1890. The standard InChI is InChI=1S/C46H51N3/c1-4-48(37-17-8-6-9-18-37)39-28-24-35(25-29-39)46(36-26-30-40(31-27-36)49(5-2)38-19-10-7-11-20-38)43-32-33-45(42-22-14-13-21-41(42)43)47-44-23-15-12-16-34(44)3/h6,8-10,13-14,17-22,24-34,44,46-47H,4-5,7,11-12,15-16,23H2,1-3H3. The second-order valence-electron chi connectivity index (χ2n) is 13.8. The van der Waals surface area contributed by atoms with Gasteiger partial charge >= 0.3 is 0 Å². The van der Waals surface area contributed by atoms with Gasteiger partial charge < -0.3 is 15.1 Å². The quantitative estimate of drug-likeness (QED) is 0.144. The number of nitrogens with zero attached hydrogens (tertiary/aromatic N) is 2. The maximum Gasteiger partial charge on any atom is 0.0422 e. The van der Waals surface area contributed by atoms with Crippen LogP contribution >= 0.6 is 0 Å². The fourth-order valence-electron chi connectivity index (χ4n) is 8.11. The average molecular weight is 646 g/mol. The highest BCUT2D eigenvalue weighted by Gasteiger charge is 2.24. The molecule has 0 bridgehead atoms. The van der Waals surface area contributed by atoms with Gasteiger partial charge in [0.05, 0.1) is 0 Å². The van der Waals surface area contributed by atoms with Gasteiger partial charge in [-0.15, -0.1) is 0 Å². The van der Waals surface area contributed by atoms with Crippen LogP contribution in [-0.2, 0) is 0 Å². The summed E-state index contributed by atoms with van der Waals surface area (Å²) >= 11 is 0. The van der Waals surface area contributed by atoms with Crippen LogP contribution in [0.1, 0.15) is 81.9 Å². The van der Waals surface area contributed by atoms with Crippen LogP contribution in [-0.4, -0.2) is 19.1 Å². The number of fused-ring (bicyclic) bond motifs is 1. The van der Waals surface area contributed by atoms with Gasteiger partial charge in [0, 0.05) is 58.9 Å². The number of nitrogens with one attached hydrogen (secondary N) is 1. The molecule has 5 aromatic rings. The van der Waals surface area contributed by atoms with Crippen LogP contribution in [0.15, 0.2) is 139 Å². The zero-order valence-corrected chi connectivity index (χ0v) is 29.5. The summed E-state index contributed by atoms with van der Waals surface area (Å²) in [5, 5.41) is 6.63. The van der Waals surface area contributed by atoms with Crippen LogP contribution in [0.4, 0.5) is 22.7 Å². The van der Waals surface area contributed by atoms with Crippen molar-refractivity contribution in [3.05, 3.63) is 156 Å². The van der Waals surface area contributed by atoms with E-state index < -0.39 is 0 Å². The van der Waals surface area contributed by atoms with Crippen LogP contribution in [0.2, 0.25) is 0 Å². The van der Waals surface area contributed by atoms with Crippen molar-refractivity contribution in [2.24, 2.45) is 5.92 Å². The van der Waals surface area contributed by atoms with Crippen LogP contribution in [0.5, 0.6) is 0 Å². The van der Waals surface area contributed by atoms with Gasteiger partial charge in [-0.3, -0.25) is 0 Å². The normalized spacial score (nSPS) is 18.1. The van der Waals surface area contributed by atoms with Gasteiger partial charge in [-0.2, -0.15) is 0 Å². The summed E-state index contributed by atoms with van der Waals surface area (Å²) < 4.78 is 0. The molecule has 3 unspecified atom stereocenters. The molecule has 1 fully saturated rings. The first-order valence-corrected chi connectivity index (χ1v) is 18.6. The van der Waals surface area contributed by atoms with E-state index in [0.29, 0.717) is 12.0 Å². The molecule has 0 amide bonds. The van der Waals surface area contributed by atoms with E-state index >= 15 is 0 Å². The zero-order chi connectivity index (χ0) is 33.6. The molecule has 250 valence electrons. The van der Waals surface area contributed by atoms with Gasteiger partial charge in [-0.25, -0.2) is 0 Å². The number of benzene rings is 5. The topological polar surface area (TPSA) is 18.5 Å². The van der Waals surface area contributed by atoms with Crippen molar-refractivity contribution in [1.82, 2.24) is 0 Å². The Morgan fingerprint density at radius 3 is 1.88 bits per heavy atom. The summed E-state index contributed by atoms with van der Waals surface area (Å²) in [5.41, 5.74) is 10.2. The van der Waals surface area contributed by atoms with Crippen molar-refractivity contribution in [1.29, 1.82) is 0 Å². The highest BCUT2D eigenvalue weighted by Crippen LogP contribution is 2.41. The SMILES string of the molecule is CCN(C1=CCCC=C1)c1ccc(C(c2ccc(N(CC)c3ccccc3)cc2)c2ccc(NC3CCCCC3C)c3ccccc23)cc1. The van der Waals surface area contributed by atoms with Gasteiger partial charge in [0.25, 0.3) is 0 Å². The molecule has 1 N–H and O–H groups in total. The molecule has 3 nitrogen and oxygen atoms in total. The maximum atomic E-state index is 4.00. The predicted octanol–water partition coefficient (Wildman–Crippen LogP) is 12.2. The van der Waals surface area contributed by atoms with Gasteiger partial charge in [0.1, 0.15) is 0 Å². The Hall–Kier alpha value is -4.76. The summed E-state index contributed by atoms with van der Waals surface area (Å²) in [6, 6.07) is 43.6. The monoisotopic (exact) mass is 645 g/mol. The second-order valence-corrected chi connectivity index (χ2v) is 13.8. The number of hydrogen-bond donors (Lipinski definition) is 1. The summed E-state index contributed by atoms with van der Waals surface area (Å²) in [7, 11) is 0. The Labute approximate surface area is 294 Å². The molecule has 2 aliphatic carbocycles. The lowest BCUT2D eigenvalue weighted by Gasteiger charge is -2.31. The average Bonchev–Trinajstić information content (AvgIpc) is 3.16. The molecule has 7 rings (SSSR count).